The van der Waals surface area contributed by atoms with E-state index < -0.39 is 0 Å². The molecular formula is C17H20BrNS. The minimum Gasteiger partial charge on any atom is -0.313 e. The summed E-state index contributed by atoms with van der Waals surface area (Å²) < 4.78 is 1.12. The number of benzene rings is 2. The number of halogens is 1. The zero-order chi connectivity index (χ0) is 14.4. The Labute approximate surface area is 134 Å². The molecule has 0 aliphatic heterocycles. The Morgan fingerprint density at radius 3 is 2.40 bits per heavy atom. The van der Waals surface area contributed by atoms with Crippen molar-refractivity contribution in [2.45, 2.75) is 36.6 Å². The lowest BCUT2D eigenvalue weighted by atomic mass is 10.1. The standard InChI is InChI=1S/C17H20BrNS/c1-3-10-19-12-14-4-7-17(11-13(14)2)20-16-8-5-15(18)6-9-16/h4-9,11,19H,3,10,12H2,1-2H3. The highest BCUT2D eigenvalue weighted by atomic mass is 79.9. The van der Waals surface area contributed by atoms with Crippen molar-refractivity contribution in [1.29, 1.82) is 0 Å². The fourth-order valence-electron chi connectivity index (χ4n) is 1.97. The van der Waals surface area contributed by atoms with E-state index in [0.29, 0.717) is 0 Å². The molecule has 0 saturated carbocycles. The van der Waals surface area contributed by atoms with E-state index in [0.717, 1.165) is 17.6 Å². The van der Waals surface area contributed by atoms with Crippen LogP contribution in [0.25, 0.3) is 0 Å². The smallest absolute Gasteiger partial charge is 0.0208 e. The summed E-state index contributed by atoms with van der Waals surface area (Å²) in [5.41, 5.74) is 2.74. The summed E-state index contributed by atoms with van der Waals surface area (Å²) in [6.07, 6.45) is 1.18. The molecule has 0 amide bonds. The van der Waals surface area contributed by atoms with Crippen LogP contribution in [0.2, 0.25) is 0 Å². The largest absolute Gasteiger partial charge is 0.313 e. The van der Waals surface area contributed by atoms with Crippen molar-refractivity contribution in [3.63, 3.8) is 0 Å². The molecule has 0 spiro atoms. The van der Waals surface area contributed by atoms with Crippen LogP contribution in [0, 0.1) is 6.92 Å². The van der Waals surface area contributed by atoms with Crippen molar-refractivity contribution in [3.8, 4) is 0 Å². The molecule has 0 aliphatic carbocycles. The predicted octanol–water partition coefficient (Wildman–Crippen LogP) is 5.41. The van der Waals surface area contributed by atoms with Gasteiger partial charge in [-0.05, 0) is 67.4 Å². The maximum Gasteiger partial charge on any atom is 0.0208 e. The Bertz CT molecular complexity index is 551. The molecule has 0 aliphatic rings. The number of nitrogens with one attached hydrogen (secondary N) is 1. The molecule has 106 valence electrons. The second-order valence-electron chi connectivity index (χ2n) is 4.82. The Hall–Kier alpha value is -0.770. The van der Waals surface area contributed by atoms with Crippen molar-refractivity contribution in [2.75, 3.05) is 6.54 Å². The maximum absolute atomic E-state index is 3.47. The van der Waals surface area contributed by atoms with Gasteiger partial charge in [-0.2, -0.15) is 0 Å². The van der Waals surface area contributed by atoms with Gasteiger partial charge in [0.05, 0.1) is 0 Å². The first-order valence-electron chi connectivity index (χ1n) is 6.92. The molecule has 0 fully saturated rings. The van der Waals surface area contributed by atoms with Crippen LogP contribution >= 0.6 is 27.7 Å². The molecule has 2 rings (SSSR count). The Morgan fingerprint density at radius 1 is 1.05 bits per heavy atom. The first-order chi connectivity index (χ1) is 9.69. The number of aryl methyl sites for hydroxylation is 1. The van der Waals surface area contributed by atoms with Crippen molar-refractivity contribution in [1.82, 2.24) is 5.32 Å². The Morgan fingerprint density at radius 2 is 1.75 bits per heavy atom. The lowest BCUT2D eigenvalue weighted by Crippen LogP contribution is -2.14. The van der Waals surface area contributed by atoms with Gasteiger partial charge in [-0.25, -0.2) is 0 Å². The molecule has 2 aromatic carbocycles. The van der Waals surface area contributed by atoms with Crippen LogP contribution in [0.1, 0.15) is 24.5 Å². The van der Waals surface area contributed by atoms with Crippen LogP contribution in [0.4, 0.5) is 0 Å². The molecule has 1 N–H and O–H groups in total. The number of hydrogen-bond donors (Lipinski definition) is 1. The fraction of sp³-hybridized carbons (Fsp3) is 0.294. The van der Waals surface area contributed by atoms with Crippen molar-refractivity contribution >= 4 is 27.7 Å². The van der Waals surface area contributed by atoms with Gasteiger partial charge in [0.1, 0.15) is 0 Å². The van der Waals surface area contributed by atoms with Gasteiger partial charge in [-0.1, -0.05) is 40.7 Å². The monoisotopic (exact) mass is 349 g/mol. The van der Waals surface area contributed by atoms with Crippen LogP contribution in [-0.4, -0.2) is 6.54 Å². The van der Waals surface area contributed by atoms with Crippen molar-refractivity contribution < 1.29 is 0 Å². The lowest BCUT2D eigenvalue weighted by Gasteiger charge is -2.09. The average Bonchev–Trinajstić information content (AvgIpc) is 2.44. The summed E-state index contributed by atoms with van der Waals surface area (Å²) in [6.45, 7) is 6.42. The zero-order valence-corrected chi connectivity index (χ0v) is 14.4. The van der Waals surface area contributed by atoms with Gasteiger partial charge in [-0.3, -0.25) is 0 Å². The normalized spacial score (nSPS) is 10.8. The molecule has 0 bridgehead atoms. The quantitative estimate of drug-likeness (QED) is 0.699. The van der Waals surface area contributed by atoms with Crippen LogP contribution in [0.5, 0.6) is 0 Å². The molecule has 0 radical (unpaired) electrons. The number of rotatable bonds is 6. The van der Waals surface area contributed by atoms with Crippen LogP contribution < -0.4 is 5.32 Å². The molecule has 0 heterocycles. The molecule has 0 saturated heterocycles. The van der Waals surface area contributed by atoms with Crippen LogP contribution in [0.15, 0.2) is 56.7 Å². The first-order valence-corrected chi connectivity index (χ1v) is 8.53. The SMILES string of the molecule is CCCNCc1ccc(Sc2ccc(Br)cc2)cc1C. The second-order valence-corrected chi connectivity index (χ2v) is 6.88. The summed E-state index contributed by atoms with van der Waals surface area (Å²) in [5.74, 6) is 0. The van der Waals surface area contributed by atoms with Crippen molar-refractivity contribution in [3.05, 3.63) is 58.1 Å². The third kappa shape index (κ3) is 4.65. The van der Waals surface area contributed by atoms with Gasteiger partial charge in [0.2, 0.25) is 0 Å². The highest BCUT2D eigenvalue weighted by molar-refractivity contribution is 9.10. The minimum atomic E-state index is 0.961. The Balaban J connectivity index is 2.03. The third-order valence-electron chi connectivity index (χ3n) is 3.11. The van der Waals surface area contributed by atoms with Gasteiger partial charge >= 0.3 is 0 Å². The van der Waals surface area contributed by atoms with E-state index in [1.165, 1.54) is 27.3 Å². The van der Waals surface area contributed by atoms with Crippen LogP contribution in [-0.2, 0) is 6.54 Å². The van der Waals surface area contributed by atoms with E-state index in [-0.39, 0.29) is 0 Å². The first kappa shape index (κ1) is 15.6. The molecule has 0 aromatic heterocycles. The minimum absolute atomic E-state index is 0.961. The highest BCUT2D eigenvalue weighted by Crippen LogP contribution is 2.29. The highest BCUT2D eigenvalue weighted by Gasteiger charge is 2.02. The van der Waals surface area contributed by atoms with Gasteiger partial charge < -0.3 is 5.32 Å². The van der Waals surface area contributed by atoms with Gasteiger partial charge in [0, 0.05) is 20.8 Å². The van der Waals surface area contributed by atoms with E-state index >= 15 is 0 Å². The third-order valence-corrected chi connectivity index (χ3v) is 4.63. The summed E-state index contributed by atoms with van der Waals surface area (Å²) in [7, 11) is 0. The fourth-order valence-corrected chi connectivity index (χ4v) is 3.15. The zero-order valence-electron chi connectivity index (χ0n) is 11.9. The topological polar surface area (TPSA) is 12.0 Å². The van der Waals surface area contributed by atoms with Gasteiger partial charge in [0.25, 0.3) is 0 Å². The molecule has 0 atom stereocenters. The molecular weight excluding hydrogens is 330 g/mol. The summed E-state index contributed by atoms with van der Waals surface area (Å²) in [6, 6.07) is 15.2. The number of hydrogen-bond acceptors (Lipinski definition) is 2. The molecule has 0 unspecified atom stereocenters. The second kappa shape index (κ2) is 7.87. The van der Waals surface area contributed by atoms with Crippen LogP contribution in [0.3, 0.4) is 0 Å². The predicted molar refractivity (Wildman–Crippen MR) is 91.4 cm³/mol. The van der Waals surface area contributed by atoms with Gasteiger partial charge in [-0.15, -0.1) is 0 Å². The average molecular weight is 350 g/mol. The Kier molecular flexibility index (Phi) is 6.14. The summed E-state index contributed by atoms with van der Waals surface area (Å²) in [5, 5.41) is 3.46. The van der Waals surface area contributed by atoms with E-state index in [2.05, 4.69) is 77.6 Å². The summed E-state index contributed by atoms with van der Waals surface area (Å²) in [4.78, 5) is 2.56. The molecule has 2 aromatic rings. The van der Waals surface area contributed by atoms with E-state index in [1.807, 2.05) is 0 Å². The van der Waals surface area contributed by atoms with E-state index in [9.17, 15) is 0 Å². The molecule has 1 nitrogen and oxygen atoms in total. The maximum atomic E-state index is 3.47. The van der Waals surface area contributed by atoms with E-state index in [4.69, 9.17) is 0 Å². The van der Waals surface area contributed by atoms with Crippen molar-refractivity contribution in [2.24, 2.45) is 0 Å². The van der Waals surface area contributed by atoms with Gasteiger partial charge in [0.15, 0.2) is 0 Å². The molecule has 3 heteroatoms. The lowest BCUT2D eigenvalue weighted by molar-refractivity contribution is 0.673. The molecule has 20 heavy (non-hydrogen) atoms. The summed E-state index contributed by atoms with van der Waals surface area (Å²) >= 11 is 5.27. The van der Waals surface area contributed by atoms with E-state index in [1.54, 1.807) is 11.8 Å².